The minimum Gasteiger partial charge on any atom is -0.480 e. The number of piperidine rings is 1. The van der Waals surface area contributed by atoms with Crippen LogP contribution in [0.3, 0.4) is 0 Å². The van der Waals surface area contributed by atoms with Crippen LogP contribution >= 0.6 is 0 Å². The maximum Gasteiger partial charge on any atom is 0.329 e. The van der Waals surface area contributed by atoms with Crippen molar-refractivity contribution in [2.45, 2.75) is 44.1 Å². The van der Waals surface area contributed by atoms with Gasteiger partial charge in [-0.05, 0) is 64.6 Å². The Balaban J connectivity index is 1.64. The van der Waals surface area contributed by atoms with Gasteiger partial charge >= 0.3 is 12.0 Å². The zero-order valence-corrected chi connectivity index (χ0v) is 12.2. The zero-order valence-electron chi connectivity index (χ0n) is 12.2. The molecular weight excluding hydrogens is 258 g/mol. The minimum atomic E-state index is -1.02. The van der Waals surface area contributed by atoms with Crippen molar-refractivity contribution in [3.8, 4) is 0 Å². The first-order chi connectivity index (χ1) is 9.52. The van der Waals surface area contributed by atoms with Crippen molar-refractivity contribution in [2.24, 2.45) is 5.92 Å². The van der Waals surface area contributed by atoms with Crippen LogP contribution in [-0.4, -0.2) is 54.2 Å². The molecule has 0 aromatic heterocycles. The summed E-state index contributed by atoms with van der Waals surface area (Å²) in [5.74, 6) is -0.252. The number of hydrogen-bond donors (Lipinski definition) is 3. The number of urea groups is 1. The topological polar surface area (TPSA) is 81.7 Å². The lowest BCUT2D eigenvalue weighted by Crippen LogP contribution is -2.61. The number of carboxylic acid groups (broad SMARTS) is 1. The first kappa shape index (κ1) is 15.1. The molecule has 0 spiro atoms. The number of amides is 2. The second-order valence-corrected chi connectivity index (χ2v) is 6.16. The number of carbonyl (C=O) groups is 2. The van der Waals surface area contributed by atoms with Gasteiger partial charge in [-0.2, -0.15) is 0 Å². The maximum atomic E-state index is 11.8. The lowest BCUT2D eigenvalue weighted by atomic mass is 9.77. The highest BCUT2D eigenvalue weighted by molar-refractivity contribution is 5.87. The molecule has 2 aliphatic rings. The van der Waals surface area contributed by atoms with Crippen molar-refractivity contribution >= 4 is 12.0 Å². The van der Waals surface area contributed by atoms with E-state index in [-0.39, 0.29) is 6.03 Å². The quantitative estimate of drug-likeness (QED) is 0.704. The molecule has 2 amide bonds. The predicted molar refractivity (Wildman–Crippen MR) is 75.6 cm³/mol. The van der Waals surface area contributed by atoms with E-state index < -0.39 is 11.5 Å². The average molecular weight is 283 g/mol. The van der Waals surface area contributed by atoms with Gasteiger partial charge in [-0.25, -0.2) is 9.59 Å². The van der Waals surface area contributed by atoms with Crippen molar-refractivity contribution < 1.29 is 14.7 Å². The summed E-state index contributed by atoms with van der Waals surface area (Å²) in [5, 5.41) is 14.5. The predicted octanol–water partition coefficient (Wildman–Crippen LogP) is 1.02. The summed E-state index contributed by atoms with van der Waals surface area (Å²) < 4.78 is 0. The van der Waals surface area contributed by atoms with Gasteiger partial charge in [0.15, 0.2) is 0 Å². The molecule has 1 saturated carbocycles. The molecule has 0 bridgehead atoms. The number of hydrogen-bond acceptors (Lipinski definition) is 3. The highest BCUT2D eigenvalue weighted by Crippen LogP contribution is 2.31. The smallest absolute Gasteiger partial charge is 0.329 e. The monoisotopic (exact) mass is 283 g/mol. The largest absolute Gasteiger partial charge is 0.480 e. The van der Waals surface area contributed by atoms with Crippen LogP contribution < -0.4 is 10.6 Å². The van der Waals surface area contributed by atoms with E-state index in [1.165, 1.54) is 12.8 Å². The van der Waals surface area contributed by atoms with Crippen LogP contribution in [0, 0.1) is 5.92 Å². The lowest BCUT2D eigenvalue weighted by Gasteiger charge is -2.38. The fourth-order valence-corrected chi connectivity index (χ4v) is 2.92. The Kier molecular flexibility index (Phi) is 4.86. The molecule has 0 unspecified atom stereocenters. The van der Waals surface area contributed by atoms with Gasteiger partial charge in [0.25, 0.3) is 0 Å². The number of carbonyl (C=O) groups excluding carboxylic acids is 1. The van der Waals surface area contributed by atoms with Gasteiger partial charge < -0.3 is 20.6 Å². The fourth-order valence-electron chi connectivity index (χ4n) is 2.92. The van der Waals surface area contributed by atoms with E-state index in [2.05, 4.69) is 22.6 Å². The molecule has 3 N–H and O–H groups in total. The van der Waals surface area contributed by atoms with Crippen LogP contribution in [-0.2, 0) is 4.79 Å². The van der Waals surface area contributed by atoms with Gasteiger partial charge in [0, 0.05) is 6.54 Å². The van der Waals surface area contributed by atoms with E-state index in [9.17, 15) is 9.59 Å². The number of nitrogens with one attached hydrogen (secondary N) is 2. The molecule has 1 aliphatic heterocycles. The molecule has 0 atom stereocenters. The van der Waals surface area contributed by atoms with Crippen LogP contribution in [0.1, 0.15) is 38.5 Å². The molecule has 20 heavy (non-hydrogen) atoms. The summed E-state index contributed by atoms with van der Waals surface area (Å²) in [7, 11) is 2.13. The van der Waals surface area contributed by atoms with Crippen LogP contribution in [0.4, 0.5) is 4.79 Å². The Morgan fingerprint density at radius 2 is 1.95 bits per heavy atom. The molecule has 0 aromatic rings. The highest BCUT2D eigenvalue weighted by Gasteiger charge is 2.45. The number of likely N-dealkylation sites (tertiary alicyclic amines) is 1. The van der Waals surface area contributed by atoms with E-state index >= 15 is 0 Å². The lowest BCUT2D eigenvalue weighted by molar-refractivity contribution is -0.148. The van der Waals surface area contributed by atoms with Gasteiger partial charge in [0.1, 0.15) is 5.54 Å². The third-order valence-corrected chi connectivity index (χ3v) is 4.65. The first-order valence-corrected chi connectivity index (χ1v) is 7.50. The van der Waals surface area contributed by atoms with E-state index in [0.717, 1.165) is 25.9 Å². The van der Waals surface area contributed by atoms with E-state index in [1.807, 2.05) is 0 Å². The summed E-state index contributed by atoms with van der Waals surface area (Å²) >= 11 is 0. The number of aliphatic carboxylic acids is 1. The Hall–Kier alpha value is -1.30. The minimum absolute atomic E-state index is 0.347. The van der Waals surface area contributed by atoms with Crippen molar-refractivity contribution in [2.75, 3.05) is 26.7 Å². The van der Waals surface area contributed by atoms with Crippen molar-refractivity contribution in [3.05, 3.63) is 0 Å². The zero-order chi connectivity index (χ0) is 14.6. The van der Waals surface area contributed by atoms with E-state index in [0.29, 0.717) is 25.3 Å². The van der Waals surface area contributed by atoms with Crippen LogP contribution in [0.5, 0.6) is 0 Å². The highest BCUT2D eigenvalue weighted by atomic mass is 16.4. The second-order valence-electron chi connectivity index (χ2n) is 6.16. The molecule has 2 fully saturated rings. The van der Waals surface area contributed by atoms with Gasteiger partial charge in [0.2, 0.25) is 0 Å². The summed E-state index contributed by atoms with van der Waals surface area (Å²) in [4.78, 5) is 25.2. The van der Waals surface area contributed by atoms with Gasteiger partial charge in [-0.3, -0.25) is 0 Å². The third kappa shape index (κ3) is 3.62. The Labute approximate surface area is 119 Å². The van der Waals surface area contributed by atoms with Crippen molar-refractivity contribution in [3.63, 3.8) is 0 Å². The fraction of sp³-hybridized carbons (Fsp3) is 0.857. The molecule has 1 aliphatic carbocycles. The van der Waals surface area contributed by atoms with Crippen LogP contribution in [0.15, 0.2) is 0 Å². The summed E-state index contributed by atoms with van der Waals surface area (Å²) in [6, 6.07) is -0.347. The second kappa shape index (κ2) is 6.43. The van der Waals surface area contributed by atoms with Gasteiger partial charge in [-0.15, -0.1) is 0 Å². The van der Waals surface area contributed by atoms with Crippen LogP contribution in [0.25, 0.3) is 0 Å². The first-order valence-electron chi connectivity index (χ1n) is 7.50. The Morgan fingerprint density at radius 3 is 2.45 bits per heavy atom. The summed E-state index contributed by atoms with van der Waals surface area (Å²) in [6.07, 6.45) is 5.26. The summed E-state index contributed by atoms with van der Waals surface area (Å²) in [6.45, 7) is 2.87. The molecular formula is C14H25N3O3. The maximum absolute atomic E-state index is 11.8. The Morgan fingerprint density at radius 1 is 1.30 bits per heavy atom. The van der Waals surface area contributed by atoms with E-state index in [4.69, 9.17) is 5.11 Å². The number of nitrogens with zero attached hydrogens (tertiary/aromatic N) is 1. The molecule has 1 heterocycles. The number of carboxylic acids is 1. The Bertz CT molecular complexity index is 361. The summed E-state index contributed by atoms with van der Waals surface area (Å²) in [5.41, 5.74) is -1.02. The molecule has 114 valence electrons. The van der Waals surface area contributed by atoms with Gasteiger partial charge in [-0.1, -0.05) is 0 Å². The SMILES string of the molecule is CN1CCC(CCNC(=O)NC2(C(=O)O)CCC2)CC1. The van der Waals surface area contributed by atoms with Gasteiger partial charge in [0.05, 0.1) is 0 Å². The van der Waals surface area contributed by atoms with E-state index in [1.54, 1.807) is 0 Å². The molecule has 6 nitrogen and oxygen atoms in total. The molecule has 2 rings (SSSR count). The van der Waals surface area contributed by atoms with Crippen LogP contribution in [0.2, 0.25) is 0 Å². The van der Waals surface area contributed by atoms with Crippen molar-refractivity contribution in [1.29, 1.82) is 0 Å². The molecule has 0 radical (unpaired) electrons. The molecule has 6 heteroatoms. The van der Waals surface area contributed by atoms with Crippen molar-refractivity contribution in [1.82, 2.24) is 15.5 Å². The normalized spacial score (nSPS) is 22.9. The standard InChI is InChI=1S/C14H25N3O3/c1-17-9-4-11(5-10-17)3-8-15-13(20)16-14(12(18)19)6-2-7-14/h11H,2-10H2,1H3,(H,18,19)(H2,15,16,20). The number of rotatable bonds is 5. The molecule has 0 aromatic carbocycles. The molecule has 1 saturated heterocycles. The third-order valence-electron chi connectivity index (χ3n) is 4.65. The average Bonchev–Trinajstić information content (AvgIpc) is 2.36.